The summed E-state index contributed by atoms with van der Waals surface area (Å²) < 4.78 is 72.3. The lowest BCUT2D eigenvalue weighted by atomic mass is 9.93. The van der Waals surface area contributed by atoms with E-state index in [-0.39, 0.29) is 30.4 Å². The van der Waals surface area contributed by atoms with E-state index < -0.39 is 46.8 Å². The van der Waals surface area contributed by atoms with Crippen molar-refractivity contribution in [2.75, 3.05) is 13.7 Å². The molecule has 0 aromatic heterocycles. The molecule has 1 fully saturated rings. The van der Waals surface area contributed by atoms with Gasteiger partial charge in [-0.2, -0.15) is 13.2 Å². The van der Waals surface area contributed by atoms with Crippen molar-refractivity contribution in [1.29, 1.82) is 0 Å². The molecule has 1 N–H and O–H groups in total. The van der Waals surface area contributed by atoms with Gasteiger partial charge in [-0.05, 0) is 59.7 Å². The minimum atomic E-state index is -4.84. The number of rotatable bonds is 7. The van der Waals surface area contributed by atoms with Crippen LogP contribution in [-0.2, 0) is 17.5 Å². The first-order valence-corrected chi connectivity index (χ1v) is 11.9. The third-order valence-corrected chi connectivity index (χ3v) is 6.68. The second-order valence-corrected chi connectivity index (χ2v) is 9.29. The Morgan fingerprint density at radius 3 is 2.42 bits per heavy atom. The van der Waals surface area contributed by atoms with Gasteiger partial charge in [-0.25, -0.2) is 8.78 Å². The number of nitrogens with one attached hydrogen (secondary N) is 1. The monoisotopic (exact) mass is 552 g/mol. The molecule has 3 aromatic carbocycles. The summed E-state index contributed by atoms with van der Waals surface area (Å²) in [6.45, 7) is 0.00266. The Balaban J connectivity index is 1.60. The SMILES string of the molecule is COc1ccc(CN2C(=O)CC(CNC(=O)c3cc(F)cc(C(F)(F)F)c3)C2c2cc(F)ccc2Cl)cc1. The summed E-state index contributed by atoms with van der Waals surface area (Å²) in [6.07, 6.45) is -4.87. The number of hydrogen-bond donors (Lipinski definition) is 1. The first-order valence-electron chi connectivity index (χ1n) is 11.5. The van der Waals surface area contributed by atoms with Crippen molar-refractivity contribution >= 4 is 23.4 Å². The minimum Gasteiger partial charge on any atom is -0.497 e. The van der Waals surface area contributed by atoms with Gasteiger partial charge >= 0.3 is 6.18 Å². The molecule has 2 atom stereocenters. The summed E-state index contributed by atoms with van der Waals surface area (Å²) in [4.78, 5) is 27.3. The third kappa shape index (κ3) is 6.07. The van der Waals surface area contributed by atoms with Gasteiger partial charge in [-0.3, -0.25) is 9.59 Å². The number of hydrogen-bond acceptors (Lipinski definition) is 3. The lowest BCUT2D eigenvalue weighted by Crippen LogP contribution is -2.34. The van der Waals surface area contributed by atoms with Gasteiger partial charge in [0.15, 0.2) is 0 Å². The van der Waals surface area contributed by atoms with E-state index in [0.29, 0.717) is 29.5 Å². The Bertz CT molecular complexity index is 1350. The van der Waals surface area contributed by atoms with E-state index in [1.807, 2.05) is 0 Å². The van der Waals surface area contributed by atoms with E-state index in [2.05, 4.69) is 5.32 Å². The number of likely N-dealkylation sites (tertiary alicyclic amines) is 1. The summed E-state index contributed by atoms with van der Waals surface area (Å²) >= 11 is 6.38. The Kier molecular flexibility index (Phi) is 7.91. The summed E-state index contributed by atoms with van der Waals surface area (Å²) in [5, 5.41) is 2.71. The third-order valence-electron chi connectivity index (χ3n) is 6.34. The molecule has 200 valence electrons. The van der Waals surface area contributed by atoms with Crippen molar-refractivity contribution in [3.8, 4) is 5.75 Å². The van der Waals surface area contributed by atoms with Gasteiger partial charge in [-0.1, -0.05) is 23.7 Å². The summed E-state index contributed by atoms with van der Waals surface area (Å²) in [6, 6.07) is 11.5. The number of nitrogens with zero attached hydrogens (tertiary/aromatic N) is 1. The maximum absolute atomic E-state index is 14.2. The highest BCUT2D eigenvalue weighted by Gasteiger charge is 2.42. The van der Waals surface area contributed by atoms with E-state index in [9.17, 15) is 31.5 Å². The number of alkyl halides is 3. The topological polar surface area (TPSA) is 58.6 Å². The molecule has 5 nitrogen and oxygen atoms in total. The average molecular weight is 553 g/mol. The highest BCUT2D eigenvalue weighted by Crippen LogP contribution is 2.42. The lowest BCUT2D eigenvalue weighted by Gasteiger charge is -2.30. The number of carbonyl (C=O) groups is 2. The molecular formula is C27H22ClF5N2O3. The van der Waals surface area contributed by atoms with E-state index in [0.717, 1.165) is 5.56 Å². The van der Waals surface area contributed by atoms with E-state index in [1.165, 1.54) is 30.2 Å². The highest BCUT2D eigenvalue weighted by molar-refractivity contribution is 6.31. The molecule has 0 spiro atoms. The van der Waals surface area contributed by atoms with Crippen molar-refractivity contribution in [3.63, 3.8) is 0 Å². The molecule has 0 radical (unpaired) electrons. The fraction of sp³-hybridized carbons (Fsp3) is 0.259. The Morgan fingerprint density at radius 1 is 1.05 bits per heavy atom. The van der Waals surface area contributed by atoms with Crippen LogP contribution >= 0.6 is 11.6 Å². The molecule has 11 heteroatoms. The number of amides is 2. The van der Waals surface area contributed by atoms with Crippen molar-refractivity contribution in [3.05, 3.63) is 99.6 Å². The van der Waals surface area contributed by atoms with Crippen LogP contribution in [0.3, 0.4) is 0 Å². The molecule has 1 heterocycles. The maximum atomic E-state index is 14.2. The van der Waals surface area contributed by atoms with Crippen molar-refractivity contribution in [1.82, 2.24) is 10.2 Å². The molecule has 4 rings (SSSR count). The Morgan fingerprint density at radius 2 is 1.76 bits per heavy atom. The van der Waals surface area contributed by atoms with Crippen LogP contribution in [0.5, 0.6) is 5.75 Å². The largest absolute Gasteiger partial charge is 0.497 e. The Hall–Kier alpha value is -3.66. The maximum Gasteiger partial charge on any atom is 0.416 e. The highest BCUT2D eigenvalue weighted by atomic mass is 35.5. The predicted octanol–water partition coefficient (Wildman–Crippen LogP) is 6.17. The lowest BCUT2D eigenvalue weighted by molar-refractivity contribution is -0.137. The van der Waals surface area contributed by atoms with Crippen LogP contribution < -0.4 is 10.1 Å². The van der Waals surface area contributed by atoms with Crippen molar-refractivity contribution < 1.29 is 36.3 Å². The zero-order chi connectivity index (χ0) is 27.6. The minimum absolute atomic E-state index is 0.0368. The molecule has 2 amide bonds. The fourth-order valence-electron chi connectivity index (χ4n) is 4.53. The van der Waals surface area contributed by atoms with E-state index in [4.69, 9.17) is 16.3 Å². The predicted molar refractivity (Wildman–Crippen MR) is 130 cm³/mol. The van der Waals surface area contributed by atoms with Crippen LogP contribution in [0.1, 0.15) is 39.5 Å². The fourth-order valence-corrected chi connectivity index (χ4v) is 4.76. The zero-order valence-electron chi connectivity index (χ0n) is 20.0. The van der Waals surface area contributed by atoms with Gasteiger partial charge < -0.3 is 15.0 Å². The Labute approximate surface area is 220 Å². The second kappa shape index (κ2) is 11.0. The quantitative estimate of drug-likeness (QED) is 0.357. The number of halogens is 6. The molecule has 1 saturated heterocycles. The van der Waals surface area contributed by atoms with Gasteiger partial charge in [0.25, 0.3) is 5.91 Å². The number of benzene rings is 3. The molecule has 2 unspecified atom stereocenters. The first-order chi connectivity index (χ1) is 18.0. The van der Waals surface area contributed by atoms with Gasteiger partial charge in [0, 0.05) is 36.0 Å². The standard InChI is InChI=1S/C27H22ClF5N2O3/c1-38-21-5-2-15(3-6-21)14-35-24(36)10-17(25(35)22-12-19(29)4-7-23(22)28)13-34-26(37)16-8-18(27(31,32)33)11-20(30)9-16/h2-9,11-12,17,25H,10,13-14H2,1H3,(H,34,37). The van der Waals surface area contributed by atoms with Gasteiger partial charge in [0.2, 0.25) is 5.91 Å². The van der Waals surface area contributed by atoms with Crippen LogP contribution in [0.2, 0.25) is 5.02 Å². The van der Waals surface area contributed by atoms with Crippen LogP contribution in [0.25, 0.3) is 0 Å². The smallest absolute Gasteiger partial charge is 0.416 e. The molecule has 3 aromatic rings. The normalized spacial score (nSPS) is 17.6. The number of ether oxygens (including phenoxy) is 1. The molecule has 1 aliphatic rings. The first kappa shape index (κ1) is 27.4. The van der Waals surface area contributed by atoms with Crippen molar-refractivity contribution in [2.45, 2.75) is 25.2 Å². The summed E-state index contributed by atoms with van der Waals surface area (Å²) in [5.41, 5.74) is -0.720. The molecule has 0 aliphatic carbocycles. The van der Waals surface area contributed by atoms with Crippen LogP contribution in [0, 0.1) is 17.6 Å². The van der Waals surface area contributed by atoms with Gasteiger partial charge in [0.05, 0.1) is 18.7 Å². The molecular weight excluding hydrogens is 531 g/mol. The molecule has 0 bridgehead atoms. The molecule has 38 heavy (non-hydrogen) atoms. The summed E-state index contributed by atoms with van der Waals surface area (Å²) in [7, 11) is 1.52. The number of carbonyl (C=O) groups excluding carboxylic acids is 2. The number of methoxy groups -OCH3 is 1. The van der Waals surface area contributed by atoms with E-state index >= 15 is 0 Å². The second-order valence-electron chi connectivity index (χ2n) is 8.88. The summed E-state index contributed by atoms with van der Waals surface area (Å²) in [5.74, 6) is -2.99. The molecule has 1 aliphatic heterocycles. The van der Waals surface area contributed by atoms with Crippen molar-refractivity contribution in [2.24, 2.45) is 5.92 Å². The van der Waals surface area contributed by atoms with Crippen LogP contribution in [-0.4, -0.2) is 30.4 Å². The zero-order valence-corrected chi connectivity index (χ0v) is 20.7. The van der Waals surface area contributed by atoms with Gasteiger partial charge in [0.1, 0.15) is 17.4 Å². The van der Waals surface area contributed by atoms with E-state index in [1.54, 1.807) is 24.3 Å². The van der Waals surface area contributed by atoms with Crippen LogP contribution in [0.15, 0.2) is 60.7 Å². The van der Waals surface area contributed by atoms with Crippen LogP contribution in [0.4, 0.5) is 22.0 Å². The van der Waals surface area contributed by atoms with Gasteiger partial charge in [-0.15, -0.1) is 0 Å². The average Bonchev–Trinajstić information content (AvgIpc) is 3.18. The molecule has 0 saturated carbocycles.